The highest BCUT2D eigenvalue weighted by atomic mass is 16.4. The Labute approximate surface area is 117 Å². The molecule has 2 aromatic rings. The molecule has 3 rings (SSSR count). The number of piperidine rings is 1. The summed E-state index contributed by atoms with van der Waals surface area (Å²) in [5.41, 5.74) is 0.847. The normalized spacial score (nSPS) is 22.9. The third kappa shape index (κ3) is 2.09. The van der Waals surface area contributed by atoms with Crippen LogP contribution in [0.2, 0.25) is 0 Å². The molecule has 1 aromatic carbocycles. The Morgan fingerprint density at radius 2 is 2.15 bits per heavy atom. The quantitative estimate of drug-likeness (QED) is 0.908. The van der Waals surface area contributed by atoms with Crippen molar-refractivity contribution in [1.82, 2.24) is 9.97 Å². The van der Waals surface area contributed by atoms with Gasteiger partial charge in [0.15, 0.2) is 0 Å². The second-order valence-corrected chi connectivity index (χ2v) is 5.31. The molecular formula is C15H17N3O2. The molecule has 1 aliphatic heterocycles. The van der Waals surface area contributed by atoms with Crippen LogP contribution in [0.5, 0.6) is 0 Å². The molecule has 0 saturated carbocycles. The van der Waals surface area contributed by atoms with Crippen LogP contribution in [-0.4, -0.2) is 33.6 Å². The molecule has 5 heteroatoms. The minimum atomic E-state index is -0.778. The van der Waals surface area contributed by atoms with Gasteiger partial charge in [0, 0.05) is 11.9 Å². The molecule has 0 radical (unpaired) electrons. The maximum Gasteiger partial charge on any atom is 0.326 e. The van der Waals surface area contributed by atoms with Gasteiger partial charge in [-0.2, -0.15) is 0 Å². The lowest BCUT2D eigenvalue weighted by Crippen LogP contribution is -2.49. The van der Waals surface area contributed by atoms with E-state index in [-0.39, 0.29) is 5.92 Å². The first-order valence-corrected chi connectivity index (χ1v) is 6.87. The van der Waals surface area contributed by atoms with E-state index >= 15 is 0 Å². The highest BCUT2D eigenvalue weighted by Crippen LogP contribution is 2.31. The molecule has 1 saturated heterocycles. The van der Waals surface area contributed by atoms with Gasteiger partial charge in [0.25, 0.3) is 0 Å². The summed E-state index contributed by atoms with van der Waals surface area (Å²) in [5, 5.41) is 10.4. The monoisotopic (exact) mass is 271 g/mol. The van der Waals surface area contributed by atoms with E-state index in [0.717, 1.165) is 36.1 Å². The van der Waals surface area contributed by atoms with E-state index in [1.54, 1.807) is 0 Å². The zero-order chi connectivity index (χ0) is 14.1. The smallest absolute Gasteiger partial charge is 0.326 e. The minimum Gasteiger partial charge on any atom is -0.480 e. The van der Waals surface area contributed by atoms with Crippen LogP contribution in [0.3, 0.4) is 0 Å². The maximum absolute atomic E-state index is 11.6. The Balaban J connectivity index is 2.11. The molecule has 1 aliphatic rings. The third-order valence-electron chi connectivity index (χ3n) is 3.98. The van der Waals surface area contributed by atoms with Gasteiger partial charge in [-0.05, 0) is 30.9 Å². The standard InChI is InChI=1S/C15H17N3O2/c1-10-5-4-8-18(13(10)15(19)20)14-11-6-2-3-7-12(11)16-9-17-14/h2-3,6-7,9-10,13H,4-5,8H2,1H3,(H,19,20). The number of para-hydroxylation sites is 1. The number of aromatic nitrogens is 2. The molecule has 2 heterocycles. The fourth-order valence-electron chi connectivity index (χ4n) is 3.02. The zero-order valence-electron chi connectivity index (χ0n) is 11.4. The number of rotatable bonds is 2. The lowest BCUT2D eigenvalue weighted by Gasteiger charge is -2.38. The van der Waals surface area contributed by atoms with E-state index < -0.39 is 12.0 Å². The van der Waals surface area contributed by atoms with E-state index in [4.69, 9.17) is 0 Å². The van der Waals surface area contributed by atoms with Crippen molar-refractivity contribution >= 4 is 22.7 Å². The van der Waals surface area contributed by atoms with Crippen molar-refractivity contribution in [3.63, 3.8) is 0 Å². The molecule has 104 valence electrons. The number of carboxylic acid groups (broad SMARTS) is 1. The SMILES string of the molecule is CC1CCCN(c2ncnc3ccccc23)C1C(=O)O. The van der Waals surface area contributed by atoms with Gasteiger partial charge in [0.1, 0.15) is 18.2 Å². The summed E-state index contributed by atoms with van der Waals surface area (Å²) >= 11 is 0. The first-order valence-electron chi connectivity index (χ1n) is 6.87. The predicted molar refractivity (Wildman–Crippen MR) is 76.7 cm³/mol. The van der Waals surface area contributed by atoms with Gasteiger partial charge < -0.3 is 10.0 Å². The van der Waals surface area contributed by atoms with Crippen LogP contribution >= 0.6 is 0 Å². The molecule has 0 amide bonds. The number of nitrogens with zero attached hydrogens (tertiary/aromatic N) is 3. The Morgan fingerprint density at radius 1 is 1.35 bits per heavy atom. The Morgan fingerprint density at radius 3 is 2.95 bits per heavy atom. The topological polar surface area (TPSA) is 66.3 Å². The van der Waals surface area contributed by atoms with Crippen molar-refractivity contribution in [1.29, 1.82) is 0 Å². The second-order valence-electron chi connectivity index (χ2n) is 5.31. The first-order chi connectivity index (χ1) is 9.68. The molecule has 1 aromatic heterocycles. The summed E-state index contributed by atoms with van der Waals surface area (Å²) in [5.74, 6) is 0.0735. The van der Waals surface area contributed by atoms with Crippen molar-refractivity contribution in [2.24, 2.45) is 5.92 Å². The molecule has 2 unspecified atom stereocenters. The molecular weight excluding hydrogens is 254 g/mol. The van der Waals surface area contributed by atoms with E-state index in [0.29, 0.717) is 0 Å². The Bertz CT molecular complexity index is 639. The molecule has 20 heavy (non-hydrogen) atoms. The number of aliphatic carboxylic acids is 1. The van der Waals surface area contributed by atoms with Crippen LogP contribution in [0.25, 0.3) is 10.9 Å². The van der Waals surface area contributed by atoms with E-state index in [2.05, 4.69) is 9.97 Å². The van der Waals surface area contributed by atoms with Crippen molar-refractivity contribution in [2.75, 3.05) is 11.4 Å². The summed E-state index contributed by atoms with van der Waals surface area (Å²) in [6.45, 7) is 2.72. The van der Waals surface area contributed by atoms with Gasteiger partial charge in [0.05, 0.1) is 5.52 Å². The van der Waals surface area contributed by atoms with E-state index in [1.165, 1.54) is 6.33 Å². The maximum atomic E-state index is 11.6. The highest BCUT2D eigenvalue weighted by molar-refractivity contribution is 5.91. The molecule has 5 nitrogen and oxygen atoms in total. The van der Waals surface area contributed by atoms with E-state index in [9.17, 15) is 9.90 Å². The second kappa shape index (κ2) is 5.07. The van der Waals surface area contributed by atoms with Gasteiger partial charge >= 0.3 is 5.97 Å². The lowest BCUT2D eigenvalue weighted by molar-refractivity contribution is -0.140. The van der Waals surface area contributed by atoms with Crippen LogP contribution in [0.15, 0.2) is 30.6 Å². The molecule has 0 aliphatic carbocycles. The molecule has 2 atom stereocenters. The van der Waals surface area contributed by atoms with Gasteiger partial charge in [-0.1, -0.05) is 19.1 Å². The first kappa shape index (κ1) is 12.8. The third-order valence-corrected chi connectivity index (χ3v) is 3.98. The van der Waals surface area contributed by atoms with E-state index in [1.807, 2.05) is 36.1 Å². The fraction of sp³-hybridized carbons (Fsp3) is 0.400. The van der Waals surface area contributed by atoms with Gasteiger partial charge in [-0.15, -0.1) is 0 Å². The van der Waals surface area contributed by atoms with Crippen LogP contribution in [0.4, 0.5) is 5.82 Å². The van der Waals surface area contributed by atoms with Crippen LogP contribution in [0, 0.1) is 5.92 Å². The summed E-state index contributed by atoms with van der Waals surface area (Å²) in [4.78, 5) is 22.1. The van der Waals surface area contributed by atoms with Crippen LogP contribution < -0.4 is 4.90 Å². The average molecular weight is 271 g/mol. The number of hydrogen-bond donors (Lipinski definition) is 1. The molecule has 1 fully saturated rings. The Hall–Kier alpha value is -2.17. The number of hydrogen-bond acceptors (Lipinski definition) is 4. The minimum absolute atomic E-state index is 0.120. The zero-order valence-corrected chi connectivity index (χ0v) is 11.4. The summed E-state index contributed by atoms with van der Waals surface area (Å²) < 4.78 is 0. The summed E-state index contributed by atoms with van der Waals surface area (Å²) in [7, 11) is 0. The van der Waals surface area contributed by atoms with Crippen molar-refractivity contribution in [3.8, 4) is 0 Å². The number of fused-ring (bicyclic) bond motifs is 1. The molecule has 0 spiro atoms. The van der Waals surface area contributed by atoms with Crippen LogP contribution in [0.1, 0.15) is 19.8 Å². The van der Waals surface area contributed by atoms with Crippen molar-refractivity contribution in [3.05, 3.63) is 30.6 Å². The predicted octanol–water partition coefficient (Wildman–Crippen LogP) is 2.32. The van der Waals surface area contributed by atoms with Crippen molar-refractivity contribution in [2.45, 2.75) is 25.8 Å². The van der Waals surface area contributed by atoms with Gasteiger partial charge in [-0.25, -0.2) is 14.8 Å². The number of benzene rings is 1. The number of anilines is 1. The molecule has 0 bridgehead atoms. The lowest BCUT2D eigenvalue weighted by atomic mass is 9.90. The highest BCUT2D eigenvalue weighted by Gasteiger charge is 2.35. The van der Waals surface area contributed by atoms with Gasteiger partial charge in [-0.3, -0.25) is 0 Å². The average Bonchev–Trinajstić information content (AvgIpc) is 2.46. The van der Waals surface area contributed by atoms with Gasteiger partial charge in [0.2, 0.25) is 0 Å². The molecule has 1 N–H and O–H groups in total. The van der Waals surface area contributed by atoms with Crippen molar-refractivity contribution < 1.29 is 9.90 Å². The largest absolute Gasteiger partial charge is 0.480 e. The van der Waals surface area contributed by atoms with Crippen LogP contribution in [-0.2, 0) is 4.79 Å². The number of carbonyl (C=O) groups is 1. The number of carboxylic acids is 1. The Kier molecular flexibility index (Phi) is 3.26. The summed E-state index contributed by atoms with van der Waals surface area (Å²) in [6, 6.07) is 7.21. The summed E-state index contributed by atoms with van der Waals surface area (Å²) in [6.07, 6.45) is 3.44. The fourth-order valence-corrected chi connectivity index (χ4v) is 3.02.